The monoisotopic (exact) mass is 525 g/mol. The summed E-state index contributed by atoms with van der Waals surface area (Å²) in [6, 6.07) is 19.3. The molecule has 4 rings (SSSR count). The molecule has 8 nitrogen and oxygen atoms in total. The maximum atomic E-state index is 13.2. The first kappa shape index (κ1) is 25.0. The van der Waals surface area contributed by atoms with E-state index >= 15 is 0 Å². The number of nitrogens with one attached hydrogen (secondary N) is 2. The van der Waals surface area contributed by atoms with Crippen molar-refractivity contribution >= 4 is 44.1 Å². The van der Waals surface area contributed by atoms with Crippen LogP contribution in [0.1, 0.15) is 27.0 Å². The Kier molecular flexibility index (Phi) is 7.41. The van der Waals surface area contributed by atoms with E-state index in [1.165, 1.54) is 12.1 Å². The second-order valence-corrected chi connectivity index (χ2v) is 10.0. The van der Waals surface area contributed by atoms with Crippen LogP contribution < -0.4 is 10.0 Å². The summed E-state index contributed by atoms with van der Waals surface area (Å²) < 4.78 is 46.2. The summed E-state index contributed by atoms with van der Waals surface area (Å²) in [5.41, 5.74) is 1.08. The molecule has 0 aliphatic carbocycles. The molecule has 2 N–H and O–H groups in total. The molecule has 0 fully saturated rings. The Bertz CT molecular complexity index is 1500. The third kappa shape index (κ3) is 5.58. The highest BCUT2D eigenvalue weighted by molar-refractivity contribution is 7.92. The Hall–Kier alpha value is -4.09. The van der Waals surface area contributed by atoms with Crippen LogP contribution in [0.3, 0.4) is 0 Å². The van der Waals surface area contributed by atoms with E-state index in [4.69, 9.17) is 4.74 Å². The molecule has 0 aliphatic rings. The van der Waals surface area contributed by atoms with Gasteiger partial charge in [-0.05, 0) is 43.3 Å². The Morgan fingerprint density at radius 1 is 0.972 bits per heavy atom. The van der Waals surface area contributed by atoms with E-state index in [1.807, 2.05) is 6.07 Å². The van der Waals surface area contributed by atoms with Gasteiger partial charge in [0.15, 0.2) is 5.13 Å². The van der Waals surface area contributed by atoms with E-state index in [0.717, 1.165) is 35.6 Å². The molecule has 1 amide bonds. The molecule has 36 heavy (non-hydrogen) atoms. The lowest BCUT2D eigenvalue weighted by Crippen LogP contribution is -2.18. The molecule has 4 aromatic rings. The first-order chi connectivity index (χ1) is 17.3. The quantitative estimate of drug-likeness (QED) is 0.307. The van der Waals surface area contributed by atoms with E-state index in [2.05, 4.69) is 15.0 Å². The van der Waals surface area contributed by atoms with E-state index in [0.29, 0.717) is 11.3 Å². The number of amides is 1. The van der Waals surface area contributed by atoms with Crippen molar-refractivity contribution in [3.63, 3.8) is 0 Å². The van der Waals surface area contributed by atoms with Gasteiger partial charge in [0.05, 0.1) is 28.4 Å². The third-order valence-corrected chi connectivity index (χ3v) is 7.23. The zero-order valence-electron chi connectivity index (χ0n) is 18.9. The number of hydrogen-bond donors (Lipinski definition) is 2. The number of carbonyl (C=O) groups excluding carboxylic acids is 2. The highest BCUT2D eigenvalue weighted by Gasteiger charge is 2.23. The number of nitrogens with zero attached hydrogens (tertiary/aromatic N) is 1. The van der Waals surface area contributed by atoms with Crippen LogP contribution in [0.25, 0.3) is 11.3 Å². The number of carbonyl (C=O) groups is 2. The van der Waals surface area contributed by atoms with Gasteiger partial charge < -0.3 is 4.74 Å². The number of anilines is 2. The lowest BCUT2D eigenvalue weighted by Gasteiger charge is -2.12. The number of benzene rings is 3. The molecule has 1 aromatic heterocycles. The molecule has 0 saturated carbocycles. The summed E-state index contributed by atoms with van der Waals surface area (Å²) in [6.07, 6.45) is 0. The first-order valence-electron chi connectivity index (χ1n) is 10.7. The van der Waals surface area contributed by atoms with Crippen molar-refractivity contribution in [3.05, 3.63) is 95.1 Å². The zero-order chi connectivity index (χ0) is 25.7. The zero-order valence-corrected chi connectivity index (χ0v) is 20.5. The number of halogens is 1. The lowest BCUT2D eigenvalue weighted by atomic mass is 10.1. The minimum absolute atomic E-state index is 0.0183. The van der Waals surface area contributed by atoms with Crippen molar-refractivity contribution in [2.24, 2.45) is 0 Å². The number of para-hydroxylation sites is 1. The van der Waals surface area contributed by atoms with Crippen molar-refractivity contribution in [2.75, 3.05) is 16.6 Å². The molecular formula is C25H20FN3O5S2. The van der Waals surface area contributed by atoms with Gasteiger partial charge in [0.1, 0.15) is 10.7 Å². The summed E-state index contributed by atoms with van der Waals surface area (Å²) in [6.45, 7) is 1.86. The molecule has 11 heteroatoms. The molecule has 1 heterocycles. The fourth-order valence-corrected chi connectivity index (χ4v) is 5.21. The van der Waals surface area contributed by atoms with Crippen molar-refractivity contribution in [3.8, 4) is 11.3 Å². The lowest BCUT2D eigenvalue weighted by molar-refractivity contribution is 0.0532. The van der Waals surface area contributed by atoms with Gasteiger partial charge in [-0.3, -0.25) is 14.8 Å². The molecule has 3 aromatic carbocycles. The van der Waals surface area contributed by atoms with Gasteiger partial charge in [0.2, 0.25) is 0 Å². The molecule has 184 valence electrons. The average Bonchev–Trinajstić information content (AvgIpc) is 3.29. The van der Waals surface area contributed by atoms with Crippen LogP contribution in [0.4, 0.5) is 15.2 Å². The number of aromatic nitrogens is 1. The Morgan fingerprint density at radius 3 is 2.33 bits per heavy atom. The Labute approximate surface area is 210 Å². The van der Waals surface area contributed by atoms with Gasteiger partial charge in [-0.2, -0.15) is 0 Å². The van der Waals surface area contributed by atoms with Crippen LogP contribution in [0, 0.1) is 5.82 Å². The largest absolute Gasteiger partial charge is 0.462 e. The number of esters is 1. The topological polar surface area (TPSA) is 114 Å². The van der Waals surface area contributed by atoms with Crippen LogP contribution in [0.5, 0.6) is 0 Å². The fraction of sp³-hybridized carbons (Fsp3) is 0.0800. The molecule has 0 spiro atoms. The maximum absolute atomic E-state index is 13.2. The minimum Gasteiger partial charge on any atom is -0.462 e. The normalized spacial score (nSPS) is 11.1. The van der Waals surface area contributed by atoms with E-state index in [9.17, 15) is 22.4 Å². The smallest absolute Gasteiger partial charge is 0.350 e. The summed E-state index contributed by atoms with van der Waals surface area (Å²) >= 11 is 0.951. The van der Waals surface area contributed by atoms with Crippen LogP contribution in [-0.4, -0.2) is 31.9 Å². The minimum atomic E-state index is -4.09. The number of thiazole rings is 1. The van der Waals surface area contributed by atoms with Crippen LogP contribution in [-0.2, 0) is 14.8 Å². The molecule has 0 saturated heterocycles. The standard InChI is InChI=1S/C25H20FN3O5S2/c1-2-34-24(31)22-21(16-8-4-3-5-9-16)27-25(35-22)28-23(30)19-10-6-7-11-20(19)29-36(32,33)18-14-12-17(26)13-15-18/h3-15,29H,2H2,1H3,(H,27,28,30). The van der Waals surface area contributed by atoms with Gasteiger partial charge in [0.25, 0.3) is 15.9 Å². The third-order valence-electron chi connectivity index (χ3n) is 4.90. The summed E-state index contributed by atoms with van der Waals surface area (Å²) in [4.78, 5) is 30.1. The summed E-state index contributed by atoms with van der Waals surface area (Å²) in [7, 11) is -4.09. The van der Waals surface area contributed by atoms with Gasteiger partial charge in [-0.25, -0.2) is 22.6 Å². The number of hydrogen-bond acceptors (Lipinski definition) is 7. The van der Waals surface area contributed by atoms with Crippen LogP contribution >= 0.6 is 11.3 Å². The van der Waals surface area contributed by atoms with Crippen molar-refractivity contribution in [1.29, 1.82) is 0 Å². The second-order valence-electron chi connectivity index (χ2n) is 7.34. The molecule has 0 atom stereocenters. The van der Waals surface area contributed by atoms with Crippen molar-refractivity contribution < 1.29 is 27.1 Å². The fourth-order valence-electron chi connectivity index (χ4n) is 3.25. The van der Waals surface area contributed by atoms with Gasteiger partial charge in [-0.15, -0.1) is 0 Å². The van der Waals surface area contributed by atoms with Crippen LogP contribution in [0.2, 0.25) is 0 Å². The summed E-state index contributed by atoms with van der Waals surface area (Å²) in [5, 5.41) is 2.77. The van der Waals surface area contributed by atoms with E-state index in [1.54, 1.807) is 43.3 Å². The van der Waals surface area contributed by atoms with E-state index in [-0.39, 0.29) is 32.8 Å². The maximum Gasteiger partial charge on any atom is 0.350 e. The molecule has 0 unspecified atom stereocenters. The first-order valence-corrected chi connectivity index (χ1v) is 13.0. The van der Waals surface area contributed by atoms with Crippen molar-refractivity contribution in [2.45, 2.75) is 11.8 Å². The predicted octanol–water partition coefficient (Wildman–Crippen LogP) is 5.18. The Balaban J connectivity index is 1.63. The highest BCUT2D eigenvalue weighted by Crippen LogP contribution is 2.32. The highest BCUT2D eigenvalue weighted by atomic mass is 32.2. The number of rotatable bonds is 8. The average molecular weight is 526 g/mol. The number of ether oxygens (including phenoxy) is 1. The molecular weight excluding hydrogens is 505 g/mol. The molecule has 0 aliphatic heterocycles. The van der Waals surface area contributed by atoms with Crippen LogP contribution in [0.15, 0.2) is 83.8 Å². The Morgan fingerprint density at radius 2 is 1.64 bits per heavy atom. The molecule has 0 bridgehead atoms. The summed E-state index contributed by atoms with van der Waals surface area (Å²) in [5.74, 6) is -1.78. The van der Waals surface area contributed by atoms with E-state index < -0.39 is 27.7 Å². The second kappa shape index (κ2) is 10.7. The number of sulfonamides is 1. The van der Waals surface area contributed by atoms with Gasteiger partial charge >= 0.3 is 5.97 Å². The molecule has 0 radical (unpaired) electrons. The van der Waals surface area contributed by atoms with Gasteiger partial charge in [-0.1, -0.05) is 53.8 Å². The van der Waals surface area contributed by atoms with Crippen molar-refractivity contribution in [1.82, 2.24) is 4.98 Å². The predicted molar refractivity (Wildman–Crippen MR) is 135 cm³/mol. The SMILES string of the molecule is CCOC(=O)c1sc(NC(=O)c2ccccc2NS(=O)(=O)c2ccc(F)cc2)nc1-c1ccccc1. The van der Waals surface area contributed by atoms with Gasteiger partial charge in [0, 0.05) is 5.56 Å².